The number of amides is 1. The van der Waals surface area contributed by atoms with Gasteiger partial charge in [-0.1, -0.05) is 72.3 Å². The third kappa shape index (κ3) is 3.73. The molecule has 1 heterocycles. The number of benzene rings is 3. The van der Waals surface area contributed by atoms with Crippen molar-refractivity contribution in [2.75, 3.05) is 6.61 Å². The van der Waals surface area contributed by atoms with Gasteiger partial charge in [-0.25, -0.2) is 0 Å². The van der Waals surface area contributed by atoms with E-state index in [4.69, 9.17) is 16.3 Å². The summed E-state index contributed by atoms with van der Waals surface area (Å²) in [7, 11) is 0. The summed E-state index contributed by atoms with van der Waals surface area (Å²) in [6.45, 7) is 0.886. The van der Waals surface area contributed by atoms with Crippen molar-refractivity contribution in [3.05, 3.63) is 106 Å². The number of hydrogen-bond acceptors (Lipinski definition) is 3. The Morgan fingerprint density at radius 2 is 1.69 bits per heavy atom. The largest absolute Gasteiger partial charge is 0.393 e. The van der Waals surface area contributed by atoms with E-state index in [0.29, 0.717) is 23.7 Å². The highest BCUT2D eigenvalue weighted by Crippen LogP contribution is 2.47. The second-order valence-electron chi connectivity index (χ2n) is 8.72. The van der Waals surface area contributed by atoms with Crippen LogP contribution < -0.4 is 0 Å². The van der Waals surface area contributed by atoms with Gasteiger partial charge < -0.3 is 9.84 Å². The molecular weight excluding hydrogens is 422 g/mol. The monoisotopic (exact) mass is 447 g/mol. The van der Waals surface area contributed by atoms with Crippen LogP contribution in [-0.4, -0.2) is 28.6 Å². The standard InChI is InChI=1S/C27H26ClNO3/c28-22-13-11-21(12-14-22)27(32-18-20-10-15-23(30)16-20)25-9-5-4-8-24(25)26(31)29(27)17-19-6-2-1-3-7-19/h1-9,11-14,20,23,30H,10,15-18H2. The van der Waals surface area contributed by atoms with Crippen LogP contribution in [0.25, 0.3) is 0 Å². The lowest BCUT2D eigenvalue weighted by molar-refractivity contribution is -0.121. The Morgan fingerprint density at radius 3 is 2.41 bits per heavy atom. The number of rotatable bonds is 6. The van der Waals surface area contributed by atoms with E-state index in [9.17, 15) is 9.90 Å². The molecule has 3 aromatic carbocycles. The molecule has 3 aromatic rings. The number of ether oxygens (including phenoxy) is 1. The molecular formula is C27H26ClNO3. The van der Waals surface area contributed by atoms with E-state index in [1.807, 2.05) is 83.8 Å². The van der Waals surface area contributed by atoms with Gasteiger partial charge in [0, 0.05) is 28.3 Å². The molecule has 1 aliphatic heterocycles. The summed E-state index contributed by atoms with van der Waals surface area (Å²) in [6.07, 6.45) is 2.18. The van der Waals surface area contributed by atoms with Crippen LogP contribution in [0.15, 0.2) is 78.9 Å². The summed E-state index contributed by atoms with van der Waals surface area (Å²) in [5.74, 6) is 0.210. The quantitative estimate of drug-likeness (QED) is 0.552. The summed E-state index contributed by atoms with van der Waals surface area (Å²) in [5.41, 5.74) is 2.36. The Hall–Kier alpha value is -2.66. The van der Waals surface area contributed by atoms with E-state index in [2.05, 4.69) is 0 Å². The molecule has 1 N–H and O–H groups in total. The highest BCUT2D eigenvalue weighted by atomic mass is 35.5. The fraction of sp³-hybridized carbons (Fsp3) is 0.296. The summed E-state index contributed by atoms with van der Waals surface area (Å²) < 4.78 is 6.78. The van der Waals surface area contributed by atoms with Crippen molar-refractivity contribution in [3.63, 3.8) is 0 Å². The van der Waals surface area contributed by atoms with Gasteiger partial charge in [0.2, 0.25) is 0 Å². The van der Waals surface area contributed by atoms with Crippen LogP contribution in [0, 0.1) is 5.92 Å². The number of nitrogens with zero attached hydrogens (tertiary/aromatic N) is 1. The van der Waals surface area contributed by atoms with E-state index in [-0.39, 0.29) is 17.9 Å². The van der Waals surface area contributed by atoms with Gasteiger partial charge in [-0.15, -0.1) is 0 Å². The number of aliphatic hydroxyl groups excluding tert-OH is 1. The zero-order valence-electron chi connectivity index (χ0n) is 17.8. The van der Waals surface area contributed by atoms with Gasteiger partial charge in [0.15, 0.2) is 5.72 Å². The summed E-state index contributed by atoms with van der Waals surface area (Å²) in [4.78, 5) is 15.5. The molecule has 2 aliphatic rings. The van der Waals surface area contributed by atoms with Crippen molar-refractivity contribution in [2.45, 2.75) is 37.6 Å². The highest BCUT2D eigenvalue weighted by Gasteiger charge is 2.52. The summed E-state index contributed by atoms with van der Waals surface area (Å²) in [6, 6.07) is 25.2. The third-order valence-corrected chi connectivity index (χ3v) is 6.86. The van der Waals surface area contributed by atoms with Crippen molar-refractivity contribution < 1.29 is 14.6 Å². The molecule has 4 nitrogen and oxygen atoms in total. The van der Waals surface area contributed by atoms with Crippen LogP contribution in [0.1, 0.15) is 46.3 Å². The van der Waals surface area contributed by atoms with Crippen molar-refractivity contribution in [3.8, 4) is 0 Å². The minimum absolute atomic E-state index is 0.0501. The van der Waals surface area contributed by atoms with E-state index in [1.165, 1.54) is 0 Å². The molecule has 0 radical (unpaired) electrons. The van der Waals surface area contributed by atoms with Gasteiger partial charge in [-0.2, -0.15) is 0 Å². The molecule has 1 saturated carbocycles. The number of fused-ring (bicyclic) bond motifs is 1. The average molecular weight is 448 g/mol. The van der Waals surface area contributed by atoms with Gasteiger partial charge in [-0.05, 0) is 48.9 Å². The van der Waals surface area contributed by atoms with Crippen LogP contribution >= 0.6 is 11.6 Å². The van der Waals surface area contributed by atoms with Crippen LogP contribution in [0.4, 0.5) is 0 Å². The second kappa shape index (κ2) is 8.70. The van der Waals surface area contributed by atoms with Gasteiger partial charge in [0.05, 0.1) is 12.7 Å². The molecule has 3 unspecified atom stereocenters. The van der Waals surface area contributed by atoms with E-state index >= 15 is 0 Å². The third-order valence-electron chi connectivity index (χ3n) is 6.61. The number of aliphatic hydroxyl groups is 1. The Balaban J connectivity index is 1.62. The Kier molecular flexibility index (Phi) is 5.76. The van der Waals surface area contributed by atoms with Crippen LogP contribution in [-0.2, 0) is 17.0 Å². The normalized spacial score (nSPS) is 24.7. The predicted molar refractivity (Wildman–Crippen MR) is 124 cm³/mol. The molecule has 5 heteroatoms. The SMILES string of the molecule is O=C1c2ccccc2C(OCC2CCC(O)C2)(c2ccc(Cl)cc2)N1Cc1ccccc1. The zero-order chi connectivity index (χ0) is 22.1. The van der Waals surface area contributed by atoms with E-state index in [1.54, 1.807) is 0 Å². The number of hydrogen-bond donors (Lipinski definition) is 1. The van der Waals surface area contributed by atoms with Crippen molar-refractivity contribution in [2.24, 2.45) is 5.92 Å². The van der Waals surface area contributed by atoms with Gasteiger partial charge in [0.25, 0.3) is 5.91 Å². The smallest absolute Gasteiger partial charge is 0.257 e. The van der Waals surface area contributed by atoms with Crippen LogP contribution in [0.3, 0.4) is 0 Å². The molecule has 0 bridgehead atoms. The maximum Gasteiger partial charge on any atom is 0.257 e. The molecule has 5 rings (SSSR count). The minimum Gasteiger partial charge on any atom is -0.393 e. The molecule has 1 aliphatic carbocycles. The Labute approximate surface area is 193 Å². The first kappa shape index (κ1) is 21.2. The Morgan fingerprint density at radius 1 is 0.969 bits per heavy atom. The van der Waals surface area contributed by atoms with E-state index < -0.39 is 5.72 Å². The Bertz CT molecular complexity index is 1100. The fourth-order valence-electron chi connectivity index (χ4n) is 5.01. The zero-order valence-corrected chi connectivity index (χ0v) is 18.5. The molecule has 0 aromatic heterocycles. The number of halogens is 1. The first-order valence-electron chi connectivity index (χ1n) is 11.1. The molecule has 32 heavy (non-hydrogen) atoms. The maximum atomic E-state index is 13.7. The van der Waals surface area contributed by atoms with Crippen LogP contribution in [0.5, 0.6) is 0 Å². The lowest BCUT2D eigenvalue weighted by atomic mass is 9.93. The molecule has 1 amide bonds. The lowest BCUT2D eigenvalue weighted by Crippen LogP contribution is -2.47. The molecule has 3 atom stereocenters. The van der Waals surface area contributed by atoms with Crippen molar-refractivity contribution in [1.29, 1.82) is 0 Å². The average Bonchev–Trinajstić information content (AvgIpc) is 3.34. The first-order chi connectivity index (χ1) is 15.6. The maximum absolute atomic E-state index is 13.7. The van der Waals surface area contributed by atoms with E-state index in [0.717, 1.165) is 36.0 Å². The molecule has 164 valence electrons. The molecule has 0 saturated heterocycles. The van der Waals surface area contributed by atoms with Gasteiger partial charge >= 0.3 is 0 Å². The molecule has 0 spiro atoms. The highest BCUT2D eigenvalue weighted by molar-refractivity contribution is 6.30. The predicted octanol–water partition coefficient (Wildman–Crippen LogP) is 5.37. The topological polar surface area (TPSA) is 49.8 Å². The van der Waals surface area contributed by atoms with Crippen LogP contribution in [0.2, 0.25) is 5.02 Å². The fourth-order valence-corrected chi connectivity index (χ4v) is 5.14. The first-order valence-corrected chi connectivity index (χ1v) is 11.5. The number of carbonyl (C=O) groups is 1. The van der Waals surface area contributed by atoms with Gasteiger partial charge in [-0.3, -0.25) is 9.69 Å². The van der Waals surface area contributed by atoms with Crippen molar-refractivity contribution in [1.82, 2.24) is 4.90 Å². The second-order valence-corrected chi connectivity index (χ2v) is 9.15. The van der Waals surface area contributed by atoms with Gasteiger partial charge in [0.1, 0.15) is 0 Å². The molecule has 1 fully saturated rings. The lowest BCUT2D eigenvalue weighted by Gasteiger charge is -2.40. The number of carbonyl (C=O) groups excluding carboxylic acids is 1. The minimum atomic E-state index is -1.05. The van der Waals surface area contributed by atoms with Crippen molar-refractivity contribution >= 4 is 17.5 Å². The summed E-state index contributed by atoms with van der Waals surface area (Å²) >= 11 is 6.21. The summed E-state index contributed by atoms with van der Waals surface area (Å²) in [5, 5.41) is 10.6.